The van der Waals surface area contributed by atoms with Crippen molar-refractivity contribution in [2.45, 2.75) is 31.3 Å². The van der Waals surface area contributed by atoms with E-state index in [9.17, 15) is 9.59 Å². The van der Waals surface area contributed by atoms with Crippen LogP contribution in [0.5, 0.6) is 0 Å². The number of rotatable bonds is 5. The van der Waals surface area contributed by atoms with E-state index in [0.717, 1.165) is 23.4 Å². The quantitative estimate of drug-likeness (QED) is 0.307. The third kappa shape index (κ3) is 3.95. The summed E-state index contributed by atoms with van der Waals surface area (Å²) in [6, 6.07) is 23.3. The number of benzene rings is 3. The zero-order valence-electron chi connectivity index (χ0n) is 18.7. The first-order valence-corrected chi connectivity index (χ1v) is 12.2. The third-order valence-corrected chi connectivity index (χ3v) is 6.98. The van der Waals surface area contributed by atoms with Crippen molar-refractivity contribution >= 4 is 34.3 Å². The lowest BCUT2D eigenvalue weighted by Gasteiger charge is -2.20. The minimum absolute atomic E-state index is 0.0241. The third-order valence-electron chi connectivity index (χ3n) is 6.06. The molecule has 1 aliphatic heterocycles. The summed E-state index contributed by atoms with van der Waals surface area (Å²) in [6.07, 6.45) is 0.868. The van der Waals surface area contributed by atoms with Crippen LogP contribution in [0, 0.1) is 0 Å². The summed E-state index contributed by atoms with van der Waals surface area (Å²) in [5, 5.41) is 1.10. The molecule has 0 atom stereocenters. The molecule has 2 heterocycles. The first kappa shape index (κ1) is 21.5. The van der Waals surface area contributed by atoms with Crippen LogP contribution in [0.3, 0.4) is 0 Å². The summed E-state index contributed by atoms with van der Waals surface area (Å²) < 4.78 is 1.67. The van der Waals surface area contributed by atoms with Gasteiger partial charge in [0.15, 0.2) is 5.16 Å². The highest BCUT2D eigenvalue weighted by Crippen LogP contribution is 2.30. The van der Waals surface area contributed by atoms with Crippen LogP contribution in [0.2, 0.25) is 0 Å². The first-order chi connectivity index (χ1) is 16.0. The summed E-state index contributed by atoms with van der Waals surface area (Å²) in [7, 11) is 0. The van der Waals surface area contributed by atoms with Crippen LogP contribution in [0.4, 0.5) is 5.69 Å². The van der Waals surface area contributed by atoms with E-state index in [4.69, 9.17) is 4.98 Å². The molecule has 4 aromatic rings. The lowest BCUT2D eigenvalue weighted by molar-refractivity contribution is -0.116. The van der Waals surface area contributed by atoms with Gasteiger partial charge in [0, 0.05) is 12.2 Å². The molecular formula is C27H25N3O2S. The highest BCUT2D eigenvalue weighted by Gasteiger charge is 2.25. The topological polar surface area (TPSA) is 55.2 Å². The Kier molecular flexibility index (Phi) is 5.77. The highest BCUT2D eigenvalue weighted by molar-refractivity contribution is 7.99. The van der Waals surface area contributed by atoms with Crippen LogP contribution >= 0.6 is 11.8 Å². The molecule has 0 fully saturated rings. The molecule has 5 nitrogen and oxygen atoms in total. The summed E-state index contributed by atoms with van der Waals surface area (Å²) in [4.78, 5) is 33.4. The van der Waals surface area contributed by atoms with E-state index in [1.54, 1.807) is 10.6 Å². The zero-order valence-corrected chi connectivity index (χ0v) is 19.5. The predicted molar refractivity (Wildman–Crippen MR) is 135 cm³/mol. The maximum absolute atomic E-state index is 13.6. The van der Waals surface area contributed by atoms with Crippen LogP contribution in [-0.2, 0) is 11.2 Å². The monoisotopic (exact) mass is 455 g/mol. The number of fused-ring (bicyclic) bond motifs is 2. The second kappa shape index (κ2) is 8.87. The second-order valence-corrected chi connectivity index (χ2v) is 9.42. The fourth-order valence-electron chi connectivity index (χ4n) is 4.40. The van der Waals surface area contributed by atoms with Gasteiger partial charge in [-0.25, -0.2) is 4.98 Å². The average Bonchev–Trinajstić information content (AvgIpc) is 3.27. The van der Waals surface area contributed by atoms with Crippen molar-refractivity contribution < 1.29 is 4.79 Å². The Morgan fingerprint density at radius 1 is 0.970 bits per heavy atom. The van der Waals surface area contributed by atoms with Gasteiger partial charge in [-0.1, -0.05) is 74.1 Å². The van der Waals surface area contributed by atoms with E-state index in [1.807, 2.05) is 65.6 Å². The Labute approximate surface area is 197 Å². The molecule has 0 spiro atoms. The number of hydrogen-bond donors (Lipinski definition) is 0. The summed E-state index contributed by atoms with van der Waals surface area (Å²) in [6.45, 7) is 4.91. The van der Waals surface area contributed by atoms with Gasteiger partial charge in [-0.2, -0.15) is 0 Å². The number of amides is 1. The maximum Gasteiger partial charge on any atom is 0.266 e. The highest BCUT2D eigenvalue weighted by atomic mass is 32.2. The normalized spacial score (nSPS) is 13.0. The van der Waals surface area contributed by atoms with Crippen LogP contribution in [0.25, 0.3) is 16.6 Å². The van der Waals surface area contributed by atoms with Gasteiger partial charge in [-0.3, -0.25) is 14.2 Å². The Hall–Kier alpha value is -3.38. The molecule has 3 aromatic carbocycles. The Balaban J connectivity index is 1.55. The number of anilines is 1. The molecule has 0 N–H and O–H groups in total. The molecule has 0 saturated carbocycles. The molecule has 0 bridgehead atoms. The molecule has 5 rings (SSSR count). The molecule has 6 heteroatoms. The van der Waals surface area contributed by atoms with E-state index in [2.05, 4.69) is 19.9 Å². The van der Waals surface area contributed by atoms with E-state index in [0.29, 0.717) is 22.6 Å². The van der Waals surface area contributed by atoms with Gasteiger partial charge >= 0.3 is 0 Å². The average molecular weight is 456 g/mol. The fourth-order valence-corrected chi connectivity index (χ4v) is 5.28. The van der Waals surface area contributed by atoms with Crippen LogP contribution in [0.15, 0.2) is 82.7 Å². The van der Waals surface area contributed by atoms with Crippen molar-refractivity contribution in [1.82, 2.24) is 9.55 Å². The van der Waals surface area contributed by atoms with Crippen molar-refractivity contribution in [3.63, 3.8) is 0 Å². The van der Waals surface area contributed by atoms with E-state index >= 15 is 0 Å². The number of nitrogens with zero attached hydrogens (tertiary/aromatic N) is 3. The number of hydrogen-bond acceptors (Lipinski definition) is 4. The second-order valence-electron chi connectivity index (χ2n) is 8.48. The molecule has 166 valence electrons. The van der Waals surface area contributed by atoms with Gasteiger partial charge in [0.1, 0.15) is 0 Å². The number of carbonyl (C=O) groups is 1. The van der Waals surface area contributed by atoms with Crippen molar-refractivity contribution in [3.05, 3.63) is 94.3 Å². The minimum Gasteiger partial charge on any atom is -0.311 e. The van der Waals surface area contributed by atoms with Crippen molar-refractivity contribution in [2.24, 2.45) is 0 Å². The lowest BCUT2D eigenvalue weighted by atomic mass is 10.0. The fraction of sp³-hybridized carbons (Fsp3) is 0.222. The van der Waals surface area contributed by atoms with Gasteiger partial charge in [-0.05, 0) is 47.7 Å². The molecular weight excluding hydrogens is 430 g/mol. The number of para-hydroxylation sites is 3. The zero-order chi connectivity index (χ0) is 22.9. The number of aromatic nitrogens is 2. The predicted octanol–water partition coefficient (Wildman–Crippen LogP) is 5.19. The van der Waals surface area contributed by atoms with Gasteiger partial charge in [0.25, 0.3) is 5.56 Å². The summed E-state index contributed by atoms with van der Waals surface area (Å²) in [5.41, 5.74) is 4.59. The molecule has 1 aliphatic rings. The molecule has 33 heavy (non-hydrogen) atoms. The van der Waals surface area contributed by atoms with Crippen LogP contribution in [-0.4, -0.2) is 27.8 Å². The molecule has 0 saturated heterocycles. The Bertz CT molecular complexity index is 1410. The first-order valence-electron chi connectivity index (χ1n) is 11.2. The van der Waals surface area contributed by atoms with E-state index < -0.39 is 0 Å². The van der Waals surface area contributed by atoms with Crippen molar-refractivity contribution in [3.8, 4) is 5.69 Å². The largest absolute Gasteiger partial charge is 0.311 e. The minimum atomic E-state index is -0.116. The molecule has 0 unspecified atom stereocenters. The molecule has 1 amide bonds. The number of carbonyl (C=O) groups excluding carboxylic acids is 1. The van der Waals surface area contributed by atoms with Crippen LogP contribution in [0.1, 0.15) is 30.9 Å². The van der Waals surface area contributed by atoms with Gasteiger partial charge in [-0.15, -0.1) is 0 Å². The Morgan fingerprint density at radius 3 is 2.48 bits per heavy atom. The lowest BCUT2D eigenvalue weighted by Crippen LogP contribution is -2.31. The van der Waals surface area contributed by atoms with Gasteiger partial charge in [0.2, 0.25) is 5.91 Å². The maximum atomic E-state index is 13.6. The molecule has 1 aromatic heterocycles. The van der Waals surface area contributed by atoms with Crippen molar-refractivity contribution in [2.75, 3.05) is 17.2 Å². The SMILES string of the molecule is CC(C)c1ccccc1-n1c(SCC(=O)N2CCc3ccccc32)nc2ccccc2c1=O. The molecule has 0 radical (unpaired) electrons. The van der Waals surface area contributed by atoms with Crippen LogP contribution < -0.4 is 10.5 Å². The summed E-state index contributed by atoms with van der Waals surface area (Å²) >= 11 is 1.32. The summed E-state index contributed by atoms with van der Waals surface area (Å²) in [5.74, 6) is 0.472. The number of thioether (sulfide) groups is 1. The van der Waals surface area contributed by atoms with E-state index in [1.165, 1.54) is 17.3 Å². The van der Waals surface area contributed by atoms with Gasteiger partial charge < -0.3 is 4.90 Å². The van der Waals surface area contributed by atoms with Gasteiger partial charge in [0.05, 0.1) is 22.3 Å². The Morgan fingerprint density at radius 2 is 1.67 bits per heavy atom. The van der Waals surface area contributed by atoms with Crippen molar-refractivity contribution in [1.29, 1.82) is 0 Å². The molecule has 0 aliphatic carbocycles. The van der Waals surface area contributed by atoms with E-state index in [-0.39, 0.29) is 23.1 Å². The standard InChI is InChI=1S/C27H25N3O2S/c1-18(2)20-10-5-8-14-24(20)30-26(32)21-11-4-6-12-22(21)28-27(30)33-17-25(31)29-16-15-19-9-3-7-13-23(19)29/h3-14,18H,15-17H2,1-2H3. The smallest absolute Gasteiger partial charge is 0.266 e.